The van der Waals surface area contributed by atoms with E-state index in [9.17, 15) is 0 Å². The fourth-order valence-corrected chi connectivity index (χ4v) is 2.37. The van der Waals surface area contributed by atoms with Crippen molar-refractivity contribution < 1.29 is 4.74 Å². The van der Waals surface area contributed by atoms with Crippen LogP contribution in [-0.4, -0.2) is 25.8 Å². The molecule has 0 unspecified atom stereocenters. The molecule has 1 saturated heterocycles. The standard InChI is InChI=1S/C13H27NO/c1-11(2)14-8-7-13(3,4)12-5-9-15-10-6-12/h11-12,14H,5-10H2,1-4H3. The van der Waals surface area contributed by atoms with E-state index in [1.807, 2.05) is 0 Å². The summed E-state index contributed by atoms with van der Waals surface area (Å²) in [6.45, 7) is 12.3. The quantitative estimate of drug-likeness (QED) is 0.758. The van der Waals surface area contributed by atoms with Gasteiger partial charge in [0.25, 0.3) is 0 Å². The third kappa shape index (κ3) is 4.52. The first-order valence-electron chi connectivity index (χ1n) is 6.33. The molecule has 0 atom stereocenters. The van der Waals surface area contributed by atoms with Crippen molar-refractivity contribution in [3.8, 4) is 0 Å². The van der Waals surface area contributed by atoms with Gasteiger partial charge in [-0.2, -0.15) is 0 Å². The molecule has 0 amide bonds. The Morgan fingerprint density at radius 2 is 1.87 bits per heavy atom. The maximum Gasteiger partial charge on any atom is 0.0468 e. The minimum atomic E-state index is 0.464. The van der Waals surface area contributed by atoms with Crippen LogP contribution in [0.4, 0.5) is 0 Å². The molecular formula is C13H27NO. The van der Waals surface area contributed by atoms with E-state index in [2.05, 4.69) is 33.0 Å². The zero-order valence-electron chi connectivity index (χ0n) is 10.8. The molecule has 0 aromatic heterocycles. The van der Waals surface area contributed by atoms with Gasteiger partial charge in [-0.25, -0.2) is 0 Å². The molecule has 1 aliphatic rings. The van der Waals surface area contributed by atoms with Crippen LogP contribution in [-0.2, 0) is 4.74 Å². The summed E-state index contributed by atoms with van der Waals surface area (Å²) in [6, 6.07) is 0.607. The highest BCUT2D eigenvalue weighted by molar-refractivity contribution is 4.81. The smallest absolute Gasteiger partial charge is 0.0468 e. The molecule has 0 aliphatic carbocycles. The second-order valence-electron chi connectivity index (χ2n) is 5.73. The van der Waals surface area contributed by atoms with E-state index in [1.165, 1.54) is 19.3 Å². The van der Waals surface area contributed by atoms with Crippen molar-refractivity contribution in [1.29, 1.82) is 0 Å². The van der Waals surface area contributed by atoms with Crippen LogP contribution in [0.2, 0.25) is 0 Å². The summed E-state index contributed by atoms with van der Waals surface area (Å²) < 4.78 is 5.42. The Hall–Kier alpha value is -0.0800. The van der Waals surface area contributed by atoms with Crippen LogP contribution in [0, 0.1) is 11.3 Å². The Bertz CT molecular complexity index is 171. The predicted octanol–water partition coefficient (Wildman–Crippen LogP) is 2.83. The lowest BCUT2D eigenvalue weighted by Gasteiger charge is -2.37. The van der Waals surface area contributed by atoms with E-state index < -0.39 is 0 Å². The number of nitrogens with one attached hydrogen (secondary N) is 1. The Kier molecular flexibility index (Phi) is 5.07. The zero-order valence-corrected chi connectivity index (χ0v) is 10.8. The molecule has 15 heavy (non-hydrogen) atoms. The van der Waals surface area contributed by atoms with Gasteiger partial charge in [-0.05, 0) is 37.1 Å². The van der Waals surface area contributed by atoms with E-state index in [1.54, 1.807) is 0 Å². The summed E-state index contributed by atoms with van der Waals surface area (Å²) in [7, 11) is 0. The molecule has 2 heteroatoms. The van der Waals surface area contributed by atoms with Crippen molar-refractivity contribution in [3.05, 3.63) is 0 Å². The highest BCUT2D eigenvalue weighted by atomic mass is 16.5. The Labute approximate surface area is 94.8 Å². The van der Waals surface area contributed by atoms with Crippen molar-refractivity contribution in [2.45, 2.75) is 53.0 Å². The first-order chi connectivity index (χ1) is 7.02. The number of hydrogen-bond donors (Lipinski definition) is 1. The summed E-state index contributed by atoms with van der Waals surface area (Å²) in [6.07, 6.45) is 3.76. The lowest BCUT2D eigenvalue weighted by molar-refractivity contribution is 0.0197. The van der Waals surface area contributed by atoms with Gasteiger partial charge in [-0.1, -0.05) is 27.7 Å². The van der Waals surface area contributed by atoms with Crippen LogP contribution in [0.15, 0.2) is 0 Å². The topological polar surface area (TPSA) is 21.3 Å². The van der Waals surface area contributed by atoms with Crippen molar-refractivity contribution >= 4 is 0 Å². The molecule has 1 N–H and O–H groups in total. The van der Waals surface area contributed by atoms with Gasteiger partial charge in [0, 0.05) is 19.3 Å². The van der Waals surface area contributed by atoms with Gasteiger partial charge in [-0.3, -0.25) is 0 Å². The first kappa shape index (κ1) is 13.0. The number of ether oxygens (including phenoxy) is 1. The van der Waals surface area contributed by atoms with Gasteiger partial charge in [0.2, 0.25) is 0 Å². The maximum absolute atomic E-state index is 5.42. The molecule has 1 aliphatic heterocycles. The highest BCUT2D eigenvalue weighted by Gasteiger charge is 2.30. The second-order valence-corrected chi connectivity index (χ2v) is 5.73. The molecule has 90 valence electrons. The minimum absolute atomic E-state index is 0.464. The average molecular weight is 213 g/mol. The first-order valence-corrected chi connectivity index (χ1v) is 6.33. The fourth-order valence-electron chi connectivity index (χ4n) is 2.37. The molecule has 0 radical (unpaired) electrons. The summed E-state index contributed by atoms with van der Waals surface area (Å²) >= 11 is 0. The van der Waals surface area contributed by atoms with Gasteiger partial charge >= 0.3 is 0 Å². The fraction of sp³-hybridized carbons (Fsp3) is 1.00. The third-order valence-electron chi connectivity index (χ3n) is 3.65. The van der Waals surface area contributed by atoms with Gasteiger partial charge < -0.3 is 10.1 Å². The summed E-state index contributed by atoms with van der Waals surface area (Å²) in [5.74, 6) is 0.847. The molecule has 0 saturated carbocycles. The second kappa shape index (κ2) is 5.86. The van der Waals surface area contributed by atoms with Crippen molar-refractivity contribution in [3.63, 3.8) is 0 Å². The predicted molar refractivity (Wildman–Crippen MR) is 65.1 cm³/mol. The molecule has 1 rings (SSSR count). The lowest BCUT2D eigenvalue weighted by atomic mass is 9.72. The summed E-state index contributed by atoms with van der Waals surface area (Å²) in [5, 5.41) is 3.51. The lowest BCUT2D eigenvalue weighted by Crippen LogP contribution is -2.34. The average Bonchev–Trinajstić information content (AvgIpc) is 2.18. The normalized spacial score (nSPS) is 19.8. The van der Waals surface area contributed by atoms with Crippen LogP contribution in [0.25, 0.3) is 0 Å². The number of hydrogen-bond acceptors (Lipinski definition) is 2. The van der Waals surface area contributed by atoms with Crippen molar-refractivity contribution in [2.75, 3.05) is 19.8 Å². The Morgan fingerprint density at radius 3 is 2.40 bits per heavy atom. The SMILES string of the molecule is CC(C)NCCC(C)(C)C1CCOCC1. The molecule has 1 fully saturated rings. The largest absolute Gasteiger partial charge is 0.381 e. The van der Waals surface area contributed by atoms with E-state index in [-0.39, 0.29) is 0 Å². The zero-order chi connectivity index (χ0) is 11.3. The van der Waals surface area contributed by atoms with Crippen LogP contribution in [0.3, 0.4) is 0 Å². The molecule has 0 aromatic carbocycles. The Morgan fingerprint density at radius 1 is 1.27 bits per heavy atom. The monoisotopic (exact) mass is 213 g/mol. The van der Waals surface area contributed by atoms with Gasteiger partial charge in [0.15, 0.2) is 0 Å². The summed E-state index contributed by atoms with van der Waals surface area (Å²) in [4.78, 5) is 0. The highest BCUT2D eigenvalue weighted by Crippen LogP contribution is 2.36. The molecule has 0 spiro atoms. The van der Waals surface area contributed by atoms with Gasteiger partial charge in [0.05, 0.1) is 0 Å². The van der Waals surface area contributed by atoms with Crippen LogP contribution in [0.1, 0.15) is 47.0 Å². The Balaban J connectivity index is 2.29. The van der Waals surface area contributed by atoms with E-state index >= 15 is 0 Å². The van der Waals surface area contributed by atoms with Gasteiger partial charge in [0.1, 0.15) is 0 Å². The minimum Gasteiger partial charge on any atom is -0.381 e. The molecule has 1 heterocycles. The third-order valence-corrected chi connectivity index (χ3v) is 3.65. The molecule has 2 nitrogen and oxygen atoms in total. The van der Waals surface area contributed by atoms with Crippen molar-refractivity contribution in [2.24, 2.45) is 11.3 Å². The van der Waals surface area contributed by atoms with Crippen LogP contribution < -0.4 is 5.32 Å². The van der Waals surface area contributed by atoms with E-state index in [0.717, 1.165) is 25.7 Å². The number of rotatable bonds is 5. The summed E-state index contributed by atoms with van der Waals surface area (Å²) in [5.41, 5.74) is 0.464. The van der Waals surface area contributed by atoms with E-state index in [4.69, 9.17) is 4.74 Å². The van der Waals surface area contributed by atoms with Crippen molar-refractivity contribution in [1.82, 2.24) is 5.32 Å². The van der Waals surface area contributed by atoms with E-state index in [0.29, 0.717) is 11.5 Å². The molecular weight excluding hydrogens is 186 g/mol. The molecule has 0 bridgehead atoms. The maximum atomic E-state index is 5.42. The van der Waals surface area contributed by atoms with Crippen LogP contribution in [0.5, 0.6) is 0 Å². The van der Waals surface area contributed by atoms with Crippen LogP contribution >= 0.6 is 0 Å². The van der Waals surface area contributed by atoms with Gasteiger partial charge in [-0.15, -0.1) is 0 Å². The molecule has 0 aromatic rings.